The zero-order chi connectivity index (χ0) is 16.9. The molecule has 1 aromatic carbocycles. The molecule has 122 valence electrons. The molecule has 1 amide bonds. The van der Waals surface area contributed by atoms with Crippen LogP contribution in [0.15, 0.2) is 42.6 Å². The van der Waals surface area contributed by atoms with E-state index in [4.69, 9.17) is 4.74 Å². The van der Waals surface area contributed by atoms with Crippen molar-refractivity contribution < 1.29 is 27.4 Å². The molecule has 0 spiro atoms. The third-order valence-electron chi connectivity index (χ3n) is 2.85. The number of methoxy groups -OCH3 is 1. The Kier molecular flexibility index (Phi) is 5.05. The van der Waals surface area contributed by atoms with E-state index in [1.807, 2.05) is 0 Å². The van der Waals surface area contributed by atoms with Gasteiger partial charge in [-0.2, -0.15) is 0 Å². The molecule has 0 aliphatic carbocycles. The first-order valence-electron chi connectivity index (χ1n) is 6.51. The highest BCUT2D eigenvalue weighted by Gasteiger charge is 2.32. The van der Waals surface area contributed by atoms with Crippen LogP contribution in [0.2, 0.25) is 0 Å². The van der Waals surface area contributed by atoms with Crippen LogP contribution in [0, 0.1) is 0 Å². The number of benzene rings is 1. The lowest BCUT2D eigenvalue weighted by Crippen LogP contribution is -2.25. The van der Waals surface area contributed by atoms with Crippen LogP contribution in [0.4, 0.5) is 13.2 Å². The number of pyridine rings is 1. The highest BCUT2D eigenvalue weighted by atomic mass is 19.4. The molecule has 0 bridgehead atoms. The normalized spacial score (nSPS) is 11.0. The van der Waals surface area contributed by atoms with Crippen LogP contribution in [0.3, 0.4) is 0 Å². The Balaban J connectivity index is 2.10. The number of alkyl halides is 3. The van der Waals surface area contributed by atoms with Gasteiger partial charge in [0.15, 0.2) is 0 Å². The molecule has 0 fully saturated rings. The summed E-state index contributed by atoms with van der Waals surface area (Å²) in [6.07, 6.45) is -3.34. The molecule has 0 radical (unpaired) electrons. The van der Waals surface area contributed by atoms with Crippen molar-refractivity contribution in [2.75, 3.05) is 7.11 Å². The second-order valence-electron chi connectivity index (χ2n) is 4.40. The Bertz CT molecular complexity index is 690. The molecule has 0 atom stereocenters. The molecule has 1 heterocycles. The average Bonchev–Trinajstić information content (AvgIpc) is 2.52. The minimum atomic E-state index is -4.80. The molecule has 1 aromatic heterocycles. The summed E-state index contributed by atoms with van der Waals surface area (Å²) in [5.74, 6) is -0.750. The summed E-state index contributed by atoms with van der Waals surface area (Å²) in [6.45, 7) is -0.136. The number of halogens is 3. The monoisotopic (exact) mass is 326 g/mol. The number of hydrogen-bond donors (Lipinski definition) is 1. The first-order chi connectivity index (χ1) is 10.9. The maximum Gasteiger partial charge on any atom is 0.573 e. The Morgan fingerprint density at radius 3 is 2.65 bits per heavy atom. The van der Waals surface area contributed by atoms with E-state index in [9.17, 15) is 18.0 Å². The minimum absolute atomic E-state index is 0.129. The van der Waals surface area contributed by atoms with E-state index in [-0.39, 0.29) is 29.3 Å². The van der Waals surface area contributed by atoms with Gasteiger partial charge in [0.25, 0.3) is 5.91 Å². The molecule has 23 heavy (non-hydrogen) atoms. The van der Waals surface area contributed by atoms with Gasteiger partial charge in [0.05, 0.1) is 7.11 Å². The number of rotatable bonds is 5. The third kappa shape index (κ3) is 4.60. The summed E-state index contributed by atoms with van der Waals surface area (Å²) < 4.78 is 45.9. The number of nitrogens with one attached hydrogen (secondary N) is 1. The van der Waals surface area contributed by atoms with E-state index in [2.05, 4.69) is 15.0 Å². The highest BCUT2D eigenvalue weighted by molar-refractivity contribution is 5.96. The number of ether oxygens (including phenoxy) is 2. The fraction of sp³-hybridized carbons (Fsp3) is 0.200. The zero-order valence-electron chi connectivity index (χ0n) is 12.1. The number of nitrogens with zero attached hydrogens (tertiary/aromatic N) is 1. The van der Waals surface area contributed by atoms with Gasteiger partial charge < -0.3 is 14.8 Å². The molecule has 2 aromatic rings. The SMILES string of the molecule is COc1ncccc1C(=O)NCc1ccccc1OC(F)(F)F. The molecule has 0 aliphatic rings. The third-order valence-corrected chi connectivity index (χ3v) is 2.85. The summed E-state index contributed by atoms with van der Waals surface area (Å²) in [5, 5.41) is 2.51. The molecule has 0 saturated heterocycles. The van der Waals surface area contributed by atoms with E-state index in [0.29, 0.717) is 0 Å². The second kappa shape index (κ2) is 6.99. The highest BCUT2D eigenvalue weighted by Crippen LogP contribution is 2.26. The predicted molar refractivity (Wildman–Crippen MR) is 75.1 cm³/mol. The van der Waals surface area contributed by atoms with E-state index in [1.54, 1.807) is 12.1 Å². The number of carbonyl (C=O) groups excluding carboxylic acids is 1. The maximum atomic E-state index is 12.3. The fourth-order valence-electron chi connectivity index (χ4n) is 1.87. The molecule has 2 rings (SSSR count). The molecule has 0 unspecified atom stereocenters. The quantitative estimate of drug-likeness (QED) is 0.918. The number of hydrogen-bond acceptors (Lipinski definition) is 4. The van der Waals surface area contributed by atoms with E-state index < -0.39 is 12.3 Å². The van der Waals surface area contributed by atoms with Crippen LogP contribution >= 0.6 is 0 Å². The Morgan fingerprint density at radius 1 is 1.22 bits per heavy atom. The van der Waals surface area contributed by atoms with Crippen molar-refractivity contribution in [1.29, 1.82) is 0 Å². The van der Waals surface area contributed by atoms with Gasteiger partial charge >= 0.3 is 6.36 Å². The average molecular weight is 326 g/mol. The second-order valence-corrected chi connectivity index (χ2v) is 4.40. The molecule has 1 N–H and O–H groups in total. The van der Waals surface area contributed by atoms with Crippen molar-refractivity contribution in [3.63, 3.8) is 0 Å². The summed E-state index contributed by atoms with van der Waals surface area (Å²) in [6, 6.07) is 8.63. The molecule has 0 saturated carbocycles. The Hall–Kier alpha value is -2.77. The number of amides is 1. The first-order valence-corrected chi connectivity index (χ1v) is 6.51. The van der Waals surface area contributed by atoms with Crippen LogP contribution in [0.1, 0.15) is 15.9 Å². The maximum absolute atomic E-state index is 12.3. The van der Waals surface area contributed by atoms with Crippen molar-refractivity contribution in [3.8, 4) is 11.6 Å². The van der Waals surface area contributed by atoms with Gasteiger partial charge in [0.1, 0.15) is 11.3 Å². The van der Waals surface area contributed by atoms with Crippen LogP contribution < -0.4 is 14.8 Å². The molecular weight excluding hydrogens is 313 g/mol. The molecule has 5 nitrogen and oxygen atoms in total. The fourth-order valence-corrected chi connectivity index (χ4v) is 1.87. The standard InChI is InChI=1S/C15H13F3N2O3/c1-22-14-11(6-4-8-19-14)13(21)20-9-10-5-2-3-7-12(10)23-15(16,17)18/h2-8H,9H2,1H3,(H,20,21). The van der Waals surface area contributed by atoms with Crippen molar-refractivity contribution in [3.05, 3.63) is 53.7 Å². The Morgan fingerprint density at radius 2 is 1.96 bits per heavy atom. The van der Waals surface area contributed by atoms with Gasteiger partial charge in [-0.25, -0.2) is 4.98 Å². The summed E-state index contributed by atoms with van der Waals surface area (Å²) >= 11 is 0. The minimum Gasteiger partial charge on any atom is -0.480 e. The summed E-state index contributed by atoms with van der Waals surface area (Å²) in [7, 11) is 1.37. The summed E-state index contributed by atoms with van der Waals surface area (Å²) in [4.78, 5) is 16.0. The molecule has 8 heteroatoms. The molecule has 0 aliphatic heterocycles. The topological polar surface area (TPSA) is 60.5 Å². The van der Waals surface area contributed by atoms with E-state index in [1.165, 1.54) is 37.6 Å². The van der Waals surface area contributed by atoms with Crippen LogP contribution in [-0.2, 0) is 6.54 Å². The van der Waals surface area contributed by atoms with Gasteiger partial charge in [-0.15, -0.1) is 13.2 Å². The smallest absolute Gasteiger partial charge is 0.480 e. The molecular formula is C15H13F3N2O3. The van der Waals surface area contributed by atoms with Gasteiger partial charge in [0.2, 0.25) is 5.88 Å². The Labute approximate surface area is 130 Å². The van der Waals surface area contributed by atoms with Gasteiger partial charge in [0, 0.05) is 18.3 Å². The van der Waals surface area contributed by atoms with E-state index >= 15 is 0 Å². The van der Waals surface area contributed by atoms with Crippen molar-refractivity contribution in [2.24, 2.45) is 0 Å². The van der Waals surface area contributed by atoms with Gasteiger partial charge in [-0.1, -0.05) is 18.2 Å². The van der Waals surface area contributed by atoms with Crippen LogP contribution in [-0.4, -0.2) is 24.4 Å². The zero-order valence-corrected chi connectivity index (χ0v) is 12.1. The summed E-state index contributed by atoms with van der Waals surface area (Å²) in [5.41, 5.74) is 0.380. The lowest BCUT2D eigenvalue weighted by atomic mass is 10.2. The lowest BCUT2D eigenvalue weighted by molar-refractivity contribution is -0.274. The van der Waals surface area contributed by atoms with E-state index in [0.717, 1.165) is 0 Å². The number of aromatic nitrogens is 1. The van der Waals surface area contributed by atoms with Crippen molar-refractivity contribution >= 4 is 5.91 Å². The van der Waals surface area contributed by atoms with Crippen LogP contribution in [0.5, 0.6) is 11.6 Å². The number of para-hydroxylation sites is 1. The van der Waals surface area contributed by atoms with Crippen LogP contribution in [0.25, 0.3) is 0 Å². The number of carbonyl (C=O) groups is 1. The lowest BCUT2D eigenvalue weighted by Gasteiger charge is -2.14. The van der Waals surface area contributed by atoms with Gasteiger partial charge in [-0.05, 0) is 18.2 Å². The van der Waals surface area contributed by atoms with Crippen molar-refractivity contribution in [2.45, 2.75) is 12.9 Å². The largest absolute Gasteiger partial charge is 0.573 e. The van der Waals surface area contributed by atoms with Gasteiger partial charge in [-0.3, -0.25) is 4.79 Å². The first kappa shape index (κ1) is 16.6. The predicted octanol–water partition coefficient (Wildman–Crippen LogP) is 2.92. The van der Waals surface area contributed by atoms with Crippen molar-refractivity contribution in [1.82, 2.24) is 10.3 Å².